The number of hydrogen-bond acceptors (Lipinski definition) is 6. The van der Waals surface area contributed by atoms with Crippen LogP contribution in [0, 0.1) is 27.7 Å². The Morgan fingerprint density at radius 1 is 1.03 bits per heavy atom. The normalized spacial score (nSPS) is 12.2. The number of anilines is 2. The molecule has 2 aromatic carbocycles. The standard InChI is InChI=1S/C23H26N4O4S/c1-14-12-15(2)17(4)21(13-14)31-18(5)22(28)26-19-6-8-20(9-7-19)32(29,30)27-23-24-11-10-16(3)25-23/h6-13,18H,1-5H3,(H,26,28)(H,24,25,27). The molecule has 9 heteroatoms. The Morgan fingerprint density at radius 3 is 2.38 bits per heavy atom. The van der Waals surface area contributed by atoms with E-state index in [1.165, 1.54) is 30.5 Å². The maximum Gasteiger partial charge on any atom is 0.265 e. The molecule has 0 saturated heterocycles. The zero-order valence-electron chi connectivity index (χ0n) is 18.6. The maximum absolute atomic E-state index is 12.6. The predicted octanol–water partition coefficient (Wildman–Crippen LogP) is 3.92. The van der Waals surface area contributed by atoms with Crippen molar-refractivity contribution in [3.63, 3.8) is 0 Å². The van der Waals surface area contributed by atoms with Gasteiger partial charge < -0.3 is 10.1 Å². The number of carbonyl (C=O) groups excluding carboxylic acids is 1. The molecule has 0 spiro atoms. The smallest absolute Gasteiger partial charge is 0.265 e. The second-order valence-corrected chi connectivity index (χ2v) is 9.29. The van der Waals surface area contributed by atoms with Crippen molar-refractivity contribution in [2.24, 2.45) is 0 Å². The van der Waals surface area contributed by atoms with Gasteiger partial charge in [-0.1, -0.05) is 6.07 Å². The summed E-state index contributed by atoms with van der Waals surface area (Å²) >= 11 is 0. The number of benzene rings is 2. The van der Waals surface area contributed by atoms with E-state index in [1.807, 2.05) is 26.8 Å². The summed E-state index contributed by atoms with van der Waals surface area (Å²) in [5.41, 5.74) is 4.22. The van der Waals surface area contributed by atoms with E-state index in [-0.39, 0.29) is 16.8 Å². The molecule has 0 bridgehead atoms. The predicted molar refractivity (Wildman–Crippen MR) is 123 cm³/mol. The third-order valence-electron chi connectivity index (χ3n) is 4.89. The minimum absolute atomic E-state index is 0.00460. The van der Waals surface area contributed by atoms with Crippen LogP contribution in [0.2, 0.25) is 0 Å². The van der Waals surface area contributed by atoms with E-state index in [9.17, 15) is 13.2 Å². The molecule has 2 N–H and O–H groups in total. The summed E-state index contributed by atoms with van der Waals surface area (Å²) in [6.45, 7) is 9.32. The lowest BCUT2D eigenvalue weighted by atomic mass is 10.1. The van der Waals surface area contributed by atoms with Crippen LogP contribution < -0.4 is 14.8 Å². The van der Waals surface area contributed by atoms with Gasteiger partial charge in [0.2, 0.25) is 5.95 Å². The van der Waals surface area contributed by atoms with E-state index in [1.54, 1.807) is 19.9 Å². The number of carbonyl (C=O) groups is 1. The van der Waals surface area contributed by atoms with Crippen molar-refractivity contribution in [1.82, 2.24) is 9.97 Å². The zero-order valence-corrected chi connectivity index (χ0v) is 19.4. The summed E-state index contributed by atoms with van der Waals surface area (Å²) in [4.78, 5) is 20.5. The Labute approximate surface area is 188 Å². The van der Waals surface area contributed by atoms with Crippen LogP contribution in [-0.4, -0.2) is 30.4 Å². The molecule has 1 atom stereocenters. The summed E-state index contributed by atoms with van der Waals surface area (Å²) in [6, 6.07) is 11.4. The summed E-state index contributed by atoms with van der Waals surface area (Å²) in [5.74, 6) is 0.316. The highest BCUT2D eigenvalue weighted by molar-refractivity contribution is 7.92. The van der Waals surface area contributed by atoms with Crippen LogP contribution in [0.5, 0.6) is 5.75 Å². The molecule has 32 heavy (non-hydrogen) atoms. The van der Waals surface area contributed by atoms with Gasteiger partial charge in [0.1, 0.15) is 5.75 Å². The monoisotopic (exact) mass is 454 g/mol. The lowest BCUT2D eigenvalue weighted by Crippen LogP contribution is -2.30. The second kappa shape index (κ2) is 9.35. The number of aryl methyl sites for hydroxylation is 3. The largest absolute Gasteiger partial charge is 0.481 e. The van der Waals surface area contributed by atoms with Gasteiger partial charge in [0, 0.05) is 17.6 Å². The fourth-order valence-corrected chi connectivity index (χ4v) is 3.96. The summed E-state index contributed by atoms with van der Waals surface area (Å²) in [6.07, 6.45) is 0.736. The molecule has 0 radical (unpaired) electrons. The minimum atomic E-state index is -3.86. The third kappa shape index (κ3) is 5.61. The average Bonchev–Trinajstić information content (AvgIpc) is 2.71. The molecule has 0 fully saturated rings. The number of nitrogens with one attached hydrogen (secondary N) is 2. The Morgan fingerprint density at radius 2 is 1.72 bits per heavy atom. The second-order valence-electron chi connectivity index (χ2n) is 7.61. The first-order valence-corrected chi connectivity index (χ1v) is 11.5. The molecule has 0 aliphatic heterocycles. The SMILES string of the molecule is Cc1cc(C)c(C)c(OC(C)C(=O)Nc2ccc(S(=O)(=O)Nc3nccc(C)n3)cc2)c1. The van der Waals surface area contributed by atoms with Crippen LogP contribution in [0.25, 0.3) is 0 Å². The number of aromatic nitrogens is 2. The van der Waals surface area contributed by atoms with Gasteiger partial charge in [0.15, 0.2) is 6.10 Å². The highest BCUT2D eigenvalue weighted by atomic mass is 32.2. The Kier molecular flexibility index (Phi) is 6.78. The van der Waals surface area contributed by atoms with Crippen molar-refractivity contribution >= 4 is 27.6 Å². The molecular formula is C23H26N4O4S. The molecule has 0 aliphatic carbocycles. The van der Waals surface area contributed by atoms with Gasteiger partial charge in [0.25, 0.3) is 15.9 Å². The van der Waals surface area contributed by atoms with Crippen molar-refractivity contribution < 1.29 is 17.9 Å². The number of sulfonamides is 1. The lowest BCUT2D eigenvalue weighted by Gasteiger charge is -2.18. The first-order valence-electron chi connectivity index (χ1n) is 10.0. The topological polar surface area (TPSA) is 110 Å². The first-order chi connectivity index (χ1) is 15.0. The number of nitrogens with zero attached hydrogens (tertiary/aromatic N) is 2. The summed E-state index contributed by atoms with van der Waals surface area (Å²) in [5, 5.41) is 2.74. The minimum Gasteiger partial charge on any atom is -0.481 e. The molecule has 1 amide bonds. The number of amides is 1. The number of hydrogen-bond donors (Lipinski definition) is 2. The molecular weight excluding hydrogens is 428 g/mol. The van der Waals surface area contributed by atoms with Gasteiger partial charge in [-0.05, 0) is 87.7 Å². The van der Waals surface area contributed by atoms with Crippen molar-refractivity contribution in [3.8, 4) is 5.75 Å². The Bertz CT molecular complexity index is 1240. The van der Waals surface area contributed by atoms with Crippen LogP contribution in [0.15, 0.2) is 53.6 Å². The van der Waals surface area contributed by atoms with Crippen LogP contribution in [0.1, 0.15) is 29.3 Å². The number of rotatable bonds is 7. The van der Waals surface area contributed by atoms with E-state index in [2.05, 4.69) is 26.1 Å². The third-order valence-corrected chi connectivity index (χ3v) is 6.23. The highest BCUT2D eigenvalue weighted by Gasteiger charge is 2.19. The molecule has 1 unspecified atom stereocenters. The van der Waals surface area contributed by atoms with Crippen LogP contribution in [0.3, 0.4) is 0 Å². The van der Waals surface area contributed by atoms with Crippen molar-refractivity contribution in [2.75, 3.05) is 10.0 Å². The fourth-order valence-electron chi connectivity index (χ4n) is 3.01. The van der Waals surface area contributed by atoms with Gasteiger partial charge >= 0.3 is 0 Å². The maximum atomic E-state index is 12.6. The zero-order chi connectivity index (χ0) is 23.5. The molecule has 3 aromatic rings. The summed E-state index contributed by atoms with van der Waals surface area (Å²) < 4.78 is 33.3. The van der Waals surface area contributed by atoms with E-state index in [0.29, 0.717) is 17.1 Å². The fraction of sp³-hybridized carbons (Fsp3) is 0.261. The van der Waals surface area contributed by atoms with Gasteiger partial charge in [0.05, 0.1) is 4.90 Å². The first kappa shape index (κ1) is 23.2. The molecule has 8 nitrogen and oxygen atoms in total. The molecule has 0 saturated carbocycles. The van der Waals surface area contributed by atoms with Crippen molar-refractivity contribution in [1.29, 1.82) is 0 Å². The van der Waals surface area contributed by atoms with E-state index < -0.39 is 16.1 Å². The molecule has 168 valence electrons. The van der Waals surface area contributed by atoms with Gasteiger partial charge in [-0.3, -0.25) is 4.79 Å². The Hall–Kier alpha value is -3.46. The van der Waals surface area contributed by atoms with Crippen LogP contribution >= 0.6 is 0 Å². The van der Waals surface area contributed by atoms with Crippen LogP contribution in [0.4, 0.5) is 11.6 Å². The van der Waals surface area contributed by atoms with Crippen LogP contribution in [-0.2, 0) is 14.8 Å². The van der Waals surface area contributed by atoms with E-state index in [0.717, 1.165) is 16.7 Å². The highest BCUT2D eigenvalue weighted by Crippen LogP contribution is 2.25. The lowest BCUT2D eigenvalue weighted by molar-refractivity contribution is -0.122. The Balaban J connectivity index is 1.66. The van der Waals surface area contributed by atoms with Crippen molar-refractivity contribution in [2.45, 2.75) is 45.6 Å². The molecule has 1 heterocycles. The molecule has 1 aromatic heterocycles. The van der Waals surface area contributed by atoms with Gasteiger partial charge in [-0.2, -0.15) is 0 Å². The van der Waals surface area contributed by atoms with E-state index >= 15 is 0 Å². The van der Waals surface area contributed by atoms with Crippen molar-refractivity contribution in [3.05, 3.63) is 71.0 Å². The van der Waals surface area contributed by atoms with Gasteiger partial charge in [-0.25, -0.2) is 23.1 Å². The van der Waals surface area contributed by atoms with E-state index in [4.69, 9.17) is 4.74 Å². The quantitative estimate of drug-likeness (QED) is 0.560. The number of ether oxygens (including phenoxy) is 1. The molecule has 0 aliphatic rings. The summed E-state index contributed by atoms with van der Waals surface area (Å²) in [7, 11) is -3.86. The molecule has 3 rings (SSSR count). The average molecular weight is 455 g/mol. The van der Waals surface area contributed by atoms with Gasteiger partial charge in [-0.15, -0.1) is 0 Å².